The molecule has 0 heterocycles. The Bertz CT molecular complexity index is 548. The number of nitrogens with one attached hydrogen (secondary N) is 3. The molecule has 0 fully saturated rings. The quantitative estimate of drug-likeness (QED) is 0.116. The van der Waals surface area contributed by atoms with E-state index in [2.05, 4.69) is 28.6 Å². The van der Waals surface area contributed by atoms with E-state index in [-0.39, 0.29) is 12.2 Å². The summed E-state index contributed by atoms with van der Waals surface area (Å²) in [7, 11) is 0. The molecule has 5 atom stereocenters. The SMILES string of the molecule is CC(NC(=O)C(CS)NC(=O)C(N)C(C)O)C(=O)NC(CCCCN)C(=O)O. The van der Waals surface area contributed by atoms with Crippen LogP contribution < -0.4 is 27.4 Å². The van der Waals surface area contributed by atoms with Crippen LogP contribution in [0.2, 0.25) is 0 Å². The first-order valence-electron chi connectivity index (χ1n) is 8.93. The minimum absolute atomic E-state index is 0.0741. The second-order valence-electron chi connectivity index (χ2n) is 6.42. The Kier molecular flexibility index (Phi) is 12.4. The predicted molar refractivity (Wildman–Crippen MR) is 106 cm³/mol. The summed E-state index contributed by atoms with van der Waals surface area (Å²) in [5.74, 6) is -3.38. The van der Waals surface area contributed by atoms with Crippen LogP contribution in [0.1, 0.15) is 33.1 Å². The van der Waals surface area contributed by atoms with Crippen LogP contribution in [0.3, 0.4) is 0 Å². The van der Waals surface area contributed by atoms with E-state index in [9.17, 15) is 29.4 Å². The second-order valence-corrected chi connectivity index (χ2v) is 6.79. The number of aliphatic hydroxyl groups is 1. The van der Waals surface area contributed by atoms with Gasteiger partial charge in [0.05, 0.1) is 6.10 Å². The maximum absolute atomic E-state index is 12.3. The molecular weight excluding hydrogens is 390 g/mol. The molecule has 0 radical (unpaired) electrons. The van der Waals surface area contributed by atoms with Crippen molar-refractivity contribution in [2.45, 2.75) is 63.4 Å². The number of carbonyl (C=O) groups excluding carboxylic acids is 3. The molecule has 0 aromatic carbocycles. The fourth-order valence-corrected chi connectivity index (χ4v) is 2.36. The molecule has 0 aromatic heterocycles. The predicted octanol–water partition coefficient (Wildman–Crippen LogP) is -2.69. The number of aliphatic carboxylic acids is 1. The Labute approximate surface area is 169 Å². The number of carboxylic acids is 1. The Morgan fingerprint density at radius 1 is 0.964 bits per heavy atom. The molecule has 162 valence electrons. The summed E-state index contributed by atoms with van der Waals surface area (Å²) in [6, 6.07) is -4.45. The van der Waals surface area contributed by atoms with Crippen molar-refractivity contribution in [1.29, 1.82) is 0 Å². The van der Waals surface area contributed by atoms with Crippen LogP contribution in [-0.2, 0) is 19.2 Å². The first-order valence-corrected chi connectivity index (χ1v) is 9.56. The van der Waals surface area contributed by atoms with Crippen molar-refractivity contribution < 1.29 is 29.4 Å². The molecular formula is C16H31N5O6S. The number of hydrogen-bond donors (Lipinski definition) is 8. The summed E-state index contributed by atoms with van der Waals surface area (Å²) in [5.41, 5.74) is 10.9. The largest absolute Gasteiger partial charge is 0.480 e. The van der Waals surface area contributed by atoms with Crippen LogP contribution in [0.5, 0.6) is 0 Å². The van der Waals surface area contributed by atoms with Crippen LogP contribution in [0, 0.1) is 0 Å². The van der Waals surface area contributed by atoms with Crippen LogP contribution in [0.4, 0.5) is 0 Å². The lowest BCUT2D eigenvalue weighted by Gasteiger charge is -2.23. The summed E-state index contributed by atoms with van der Waals surface area (Å²) in [6.07, 6.45) is 0.266. The number of amides is 3. The second kappa shape index (κ2) is 13.3. The highest BCUT2D eigenvalue weighted by Gasteiger charge is 2.28. The van der Waals surface area contributed by atoms with Crippen molar-refractivity contribution in [2.75, 3.05) is 12.3 Å². The first kappa shape index (κ1) is 26.1. The third-order valence-corrected chi connectivity index (χ3v) is 4.32. The van der Waals surface area contributed by atoms with Gasteiger partial charge in [0.2, 0.25) is 17.7 Å². The van der Waals surface area contributed by atoms with Gasteiger partial charge in [0.1, 0.15) is 24.2 Å². The zero-order chi connectivity index (χ0) is 21.9. The molecule has 0 bridgehead atoms. The number of carboxylic acid groups (broad SMARTS) is 1. The highest BCUT2D eigenvalue weighted by Crippen LogP contribution is 2.02. The number of rotatable bonds is 13. The standard InChI is InChI=1S/C16H31N5O6S/c1-8(13(23)20-10(16(26)27)5-3-4-6-17)19-14(24)11(7-28)21-15(25)12(18)9(2)22/h8-12,22,28H,3-7,17-18H2,1-2H3,(H,19,24)(H,20,23)(H,21,25)(H,26,27). The number of hydrogen-bond acceptors (Lipinski definition) is 8. The van der Waals surface area contributed by atoms with Gasteiger partial charge in [0, 0.05) is 5.75 Å². The van der Waals surface area contributed by atoms with E-state index in [1.165, 1.54) is 13.8 Å². The number of unbranched alkanes of at least 4 members (excludes halogenated alkanes) is 1. The molecule has 0 aliphatic heterocycles. The molecule has 28 heavy (non-hydrogen) atoms. The van der Waals surface area contributed by atoms with Crippen LogP contribution >= 0.6 is 12.6 Å². The van der Waals surface area contributed by atoms with Crippen molar-refractivity contribution >= 4 is 36.3 Å². The Morgan fingerprint density at radius 2 is 1.54 bits per heavy atom. The minimum Gasteiger partial charge on any atom is -0.480 e. The van der Waals surface area contributed by atoms with Gasteiger partial charge in [-0.05, 0) is 39.7 Å². The molecule has 0 spiro atoms. The molecule has 0 aliphatic rings. The topological polar surface area (TPSA) is 197 Å². The Hall–Kier alpha value is -1.89. The zero-order valence-corrected chi connectivity index (χ0v) is 16.9. The smallest absolute Gasteiger partial charge is 0.326 e. The van der Waals surface area contributed by atoms with Crippen LogP contribution in [-0.4, -0.2) is 76.5 Å². The van der Waals surface area contributed by atoms with E-state index in [1.54, 1.807) is 0 Å². The van der Waals surface area contributed by atoms with Crippen LogP contribution in [0.15, 0.2) is 0 Å². The highest BCUT2D eigenvalue weighted by molar-refractivity contribution is 7.80. The number of aliphatic hydroxyl groups excluding tert-OH is 1. The van der Waals surface area contributed by atoms with E-state index in [0.29, 0.717) is 19.4 Å². The van der Waals surface area contributed by atoms with E-state index >= 15 is 0 Å². The van der Waals surface area contributed by atoms with Gasteiger partial charge in [-0.15, -0.1) is 0 Å². The van der Waals surface area contributed by atoms with E-state index in [0.717, 1.165) is 0 Å². The fourth-order valence-electron chi connectivity index (χ4n) is 2.11. The molecule has 12 heteroatoms. The first-order chi connectivity index (χ1) is 13.0. The molecule has 0 saturated heterocycles. The maximum Gasteiger partial charge on any atom is 0.326 e. The molecule has 3 amide bonds. The van der Waals surface area contributed by atoms with Gasteiger partial charge in [-0.1, -0.05) is 0 Å². The van der Waals surface area contributed by atoms with Gasteiger partial charge in [-0.3, -0.25) is 14.4 Å². The summed E-state index contributed by atoms with van der Waals surface area (Å²) >= 11 is 3.99. The molecule has 0 aliphatic carbocycles. The number of nitrogens with two attached hydrogens (primary N) is 2. The van der Waals surface area contributed by atoms with Gasteiger partial charge in [-0.25, -0.2) is 4.79 Å². The lowest BCUT2D eigenvalue weighted by atomic mass is 10.1. The average molecular weight is 422 g/mol. The van der Waals surface area contributed by atoms with E-state index < -0.39 is 54.0 Å². The number of carbonyl (C=O) groups is 4. The van der Waals surface area contributed by atoms with Gasteiger partial charge in [-0.2, -0.15) is 12.6 Å². The fraction of sp³-hybridized carbons (Fsp3) is 0.750. The molecule has 0 aromatic rings. The summed E-state index contributed by atoms with van der Waals surface area (Å²) in [5, 5.41) is 25.6. The molecule has 9 N–H and O–H groups in total. The molecule has 11 nitrogen and oxygen atoms in total. The van der Waals surface area contributed by atoms with Gasteiger partial charge in [0.25, 0.3) is 0 Å². The summed E-state index contributed by atoms with van der Waals surface area (Å²) in [4.78, 5) is 47.5. The summed E-state index contributed by atoms with van der Waals surface area (Å²) in [6.45, 7) is 3.13. The normalized spacial score (nSPS) is 16.2. The van der Waals surface area contributed by atoms with Gasteiger partial charge >= 0.3 is 5.97 Å². The van der Waals surface area contributed by atoms with Crippen molar-refractivity contribution in [3.05, 3.63) is 0 Å². The minimum atomic E-state index is -1.22. The van der Waals surface area contributed by atoms with Crippen molar-refractivity contribution in [3.63, 3.8) is 0 Å². The van der Waals surface area contributed by atoms with E-state index in [4.69, 9.17) is 11.5 Å². The monoisotopic (exact) mass is 421 g/mol. The third-order valence-electron chi connectivity index (χ3n) is 3.95. The lowest BCUT2D eigenvalue weighted by molar-refractivity contribution is -0.142. The average Bonchev–Trinajstić information content (AvgIpc) is 2.63. The molecule has 5 unspecified atom stereocenters. The zero-order valence-electron chi connectivity index (χ0n) is 16.1. The Morgan fingerprint density at radius 3 is 2.00 bits per heavy atom. The third kappa shape index (κ3) is 9.35. The number of thiol groups is 1. The van der Waals surface area contributed by atoms with Crippen LogP contribution in [0.25, 0.3) is 0 Å². The molecule has 0 rings (SSSR count). The maximum atomic E-state index is 12.3. The van der Waals surface area contributed by atoms with Gasteiger partial charge in [0.15, 0.2) is 0 Å². The summed E-state index contributed by atoms with van der Waals surface area (Å²) < 4.78 is 0. The van der Waals surface area contributed by atoms with E-state index in [1.807, 2.05) is 0 Å². The molecule has 0 saturated carbocycles. The van der Waals surface area contributed by atoms with Crippen molar-refractivity contribution in [1.82, 2.24) is 16.0 Å². The lowest BCUT2D eigenvalue weighted by Crippen LogP contribution is -2.58. The van der Waals surface area contributed by atoms with Gasteiger partial charge < -0.3 is 37.6 Å². The Balaban J connectivity index is 4.76. The highest BCUT2D eigenvalue weighted by atomic mass is 32.1. The van der Waals surface area contributed by atoms with Crippen molar-refractivity contribution in [2.24, 2.45) is 11.5 Å². The van der Waals surface area contributed by atoms with Crippen molar-refractivity contribution in [3.8, 4) is 0 Å².